The number of carbonyl (C=O) groups is 2. The van der Waals surface area contributed by atoms with Crippen molar-refractivity contribution in [3.05, 3.63) is 139 Å². The molecule has 1 aliphatic carbocycles. The summed E-state index contributed by atoms with van der Waals surface area (Å²) in [7, 11) is 2.79. The van der Waals surface area contributed by atoms with E-state index in [2.05, 4.69) is 130 Å². The van der Waals surface area contributed by atoms with Crippen LogP contribution >= 0.6 is 0 Å². The number of hydrogen-bond donors (Lipinski definition) is 0. The van der Waals surface area contributed by atoms with Crippen molar-refractivity contribution < 1.29 is 19.1 Å². The summed E-state index contributed by atoms with van der Waals surface area (Å²) in [5.41, 5.74) is 15.4. The van der Waals surface area contributed by atoms with Gasteiger partial charge in [-0.25, -0.2) is 0 Å². The minimum atomic E-state index is -0.279. The largest absolute Gasteiger partial charge is 0.489 e. The van der Waals surface area contributed by atoms with E-state index in [0.717, 1.165) is 102 Å². The van der Waals surface area contributed by atoms with Crippen LogP contribution in [0.1, 0.15) is 205 Å². The van der Waals surface area contributed by atoms with Gasteiger partial charge in [0.25, 0.3) is 0 Å². The number of Topliss-reactive ketones (excluding diaryl/α,β-unsaturated/α-hetero) is 2. The third kappa shape index (κ3) is 25.6. The highest BCUT2D eigenvalue weighted by molar-refractivity contribution is 6.23. The zero-order chi connectivity index (χ0) is 47.2. The van der Waals surface area contributed by atoms with E-state index in [1.54, 1.807) is 6.92 Å². The molecule has 4 heteroatoms. The molecule has 0 radical (unpaired) electrons. The average Bonchev–Trinajstić information content (AvgIpc) is 3.22. The van der Waals surface area contributed by atoms with E-state index < -0.39 is 0 Å². The van der Waals surface area contributed by atoms with Crippen LogP contribution in [0.4, 0.5) is 0 Å². The molecule has 0 aliphatic heterocycles. The van der Waals surface area contributed by atoms with Gasteiger partial charge in [0.05, 0.1) is 14.2 Å². The summed E-state index contributed by atoms with van der Waals surface area (Å²) in [6.07, 6.45) is 44.1. The van der Waals surface area contributed by atoms with Crippen molar-refractivity contribution >= 4 is 11.6 Å². The fraction of sp³-hybridized carbons (Fsp3) is 0.559. The van der Waals surface area contributed by atoms with Crippen LogP contribution in [-0.2, 0) is 19.1 Å². The number of rotatable bonds is 31. The van der Waals surface area contributed by atoms with Crippen LogP contribution in [0.25, 0.3) is 0 Å². The summed E-state index contributed by atoms with van der Waals surface area (Å²) in [6.45, 7) is 26.2. The van der Waals surface area contributed by atoms with E-state index in [4.69, 9.17) is 9.47 Å². The van der Waals surface area contributed by atoms with Gasteiger partial charge in [-0.1, -0.05) is 116 Å². The molecule has 0 heterocycles. The van der Waals surface area contributed by atoms with Gasteiger partial charge < -0.3 is 9.47 Å². The summed E-state index contributed by atoms with van der Waals surface area (Å²) in [5.74, 6) is -0.553. The molecule has 0 amide bonds. The molecule has 0 aromatic rings. The predicted molar refractivity (Wildman–Crippen MR) is 275 cm³/mol. The molecule has 0 aromatic carbocycles. The molecular formula is C59H90O4. The van der Waals surface area contributed by atoms with Gasteiger partial charge in [-0.15, -0.1) is 0 Å². The van der Waals surface area contributed by atoms with E-state index in [9.17, 15) is 9.59 Å². The first-order valence-corrected chi connectivity index (χ1v) is 24.2. The fourth-order valence-electron chi connectivity index (χ4n) is 7.70. The Bertz CT molecular complexity index is 1840. The van der Waals surface area contributed by atoms with Gasteiger partial charge in [0.2, 0.25) is 23.1 Å². The number of allylic oxidation sites excluding steroid dienone is 22. The maximum absolute atomic E-state index is 13.1. The highest BCUT2D eigenvalue weighted by Crippen LogP contribution is 2.31. The molecule has 0 bridgehead atoms. The molecule has 0 spiro atoms. The van der Waals surface area contributed by atoms with E-state index in [1.807, 2.05) is 6.92 Å². The molecule has 4 nitrogen and oxygen atoms in total. The molecule has 0 saturated heterocycles. The SMILES string of the molecule is C/C=C(/CC/C=C(\C)CC/C=C(\C)CC/C=C(\C)CC/C=C(\C)CC/C=C(\C)CC/C=C(\C)CC/C=C(\C)CC/C=C(\C)CCC=C(C)C)CC1=C(C)C(=O)C(OC)=C(OC)C1=O. The second-order valence-electron chi connectivity index (χ2n) is 18.5. The van der Waals surface area contributed by atoms with E-state index in [0.29, 0.717) is 17.6 Å². The first-order valence-electron chi connectivity index (χ1n) is 24.2. The summed E-state index contributed by atoms with van der Waals surface area (Å²) >= 11 is 0. The van der Waals surface area contributed by atoms with Crippen molar-refractivity contribution in [1.29, 1.82) is 0 Å². The third-order valence-corrected chi connectivity index (χ3v) is 12.2. The van der Waals surface area contributed by atoms with Gasteiger partial charge >= 0.3 is 0 Å². The Morgan fingerprint density at radius 3 is 0.905 bits per heavy atom. The Morgan fingerprint density at radius 1 is 0.397 bits per heavy atom. The van der Waals surface area contributed by atoms with Crippen molar-refractivity contribution in [1.82, 2.24) is 0 Å². The summed E-state index contributed by atoms with van der Waals surface area (Å²) < 4.78 is 10.4. The first-order chi connectivity index (χ1) is 30.0. The number of ether oxygens (including phenoxy) is 2. The lowest BCUT2D eigenvalue weighted by atomic mass is 9.87. The van der Waals surface area contributed by atoms with Gasteiger partial charge in [0.1, 0.15) is 0 Å². The standard InChI is InChI=1S/C59H90O4/c1-15-54(43-55-53(12)56(60)58(62-13)59(63-14)57(55)61)42-24-41-52(11)40-23-39-51(10)38-22-37-50(9)36-21-35-49(8)34-20-33-48(7)32-19-31-47(6)30-18-29-46(5)28-17-27-45(4)26-16-25-44(2)3/h15,25,27,29,31,33,35,37,39,41H,16-24,26,28,30,32,34,36,38,40,42-43H2,1-14H3/b45-27+,46-29+,47-31+,48-33+,49-35+,50-37+,51-39+,52-41+,54-15-. The fourth-order valence-corrected chi connectivity index (χ4v) is 7.70. The number of ketones is 2. The molecule has 350 valence electrons. The lowest BCUT2D eigenvalue weighted by molar-refractivity contribution is -0.121. The third-order valence-electron chi connectivity index (χ3n) is 12.2. The maximum atomic E-state index is 13.1. The zero-order valence-corrected chi connectivity index (χ0v) is 42.8. The Hall–Kier alpha value is -4.18. The highest BCUT2D eigenvalue weighted by atomic mass is 16.5. The van der Waals surface area contributed by atoms with Crippen molar-refractivity contribution in [3.8, 4) is 0 Å². The predicted octanol–water partition coefficient (Wildman–Crippen LogP) is 17.9. The van der Waals surface area contributed by atoms with Crippen LogP contribution < -0.4 is 0 Å². The molecule has 0 saturated carbocycles. The van der Waals surface area contributed by atoms with Crippen LogP contribution in [0.2, 0.25) is 0 Å². The molecule has 0 unspecified atom stereocenters. The summed E-state index contributed by atoms with van der Waals surface area (Å²) in [6, 6.07) is 0. The Balaban J connectivity index is 2.33. The Labute approximate surface area is 387 Å². The zero-order valence-electron chi connectivity index (χ0n) is 42.8. The van der Waals surface area contributed by atoms with Crippen molar-refractivity contribution in [2.24, 2.45) is 0 Å². The van der Waals surface area contributed by atoms with Gasteiger partial charge in [-0.05, 0) is 205 Å². The van der Waals surface area contributed by atoms with E-state index in [1.165, 1.54) is 83.6 Å². The molecular weight excluding hydrogens is 773 g/mol. The molecule has 0 N–H and O–H groups in total. The quantitative estimate of drug-likeness (QED) is 0.0515. The number of carbonyl (C=O) groups excluding carboxylic acids is 2. The van der Waals surface area contributed by atoms with Gasteiger partial charge in [0.15, 0.2) is 0 Å². The normalized spacial score (nSPS) is 15.9. The second kappa shape index (κ2) is 33.3. The van der Waals surface area contributed by atoms with Crippen LogP contribution in [0.3, 0.4) is 0 Å². The van der Waals surface area contributed by atoms with Gasteiger partial charge in [0, 0.05) is 11.1 Å². The monoisotopic (exact) mass is 863 g/mol. The maximum Gasteiger partial charge on any atom is 0.228 e. The molecule has 0 atom stereocenters. The van der Waals surface area contributed by atoms with Crippen molar-refractivity contribution in [3.63, 3.8) is 0 Å². The molecule has 0 aromatic heterocycles. The first kappa shape index (κ1) is 56.8. The van der Waals surface area contributed by atoms with Crippen LogP contribution in [0, 0.1) is 0 Å². The Morgan fingerprint density at radius 2 is 0.651 bits per heavy atom. The van der Waals surface area contributed by atoms with Crippen LogP contribution in [0.5, 0.6) is 0 Å². The molecule has 63 heavy (non-hydrogen) atoms. The summed E-state index contributed by atoms with van der Waals surface area (Å²) in [5, 5.41) is 0. The average molecular weight is 863 g/mol. The van der Waals surface area contributed by atoms with Crippen LogP contribution in [-0.4, -0.2) is 25.8 Å². The lowest BCUT2D eigenvalue weighted by Gasteiger charge is -2.21. The van der Waals surface area contributed by atoms with E-state index >= 15 is 0 Å². The van der Waals surface area contributed by atoms with Gasteiger partial charge in [-0.2, -0.15) is 0 Å². The smallest absolute Gasteiger partial charge is 0.228 e. The topological polar surface area (TPSA) is 52.6 Å². The second-order valence-corrected chi connectivity index (χ2v) is 18.5. The minimum absolute atomic E-state index is 0.00247. The van der Waals surface area contributed by atoms with Gasteiger partial charge in [-0.3, -0.25) is 9.59 Å². The molecule has 1 rings (SSSR count). The molecule has 1 aliphatic rings. The van der Waals surface area contributed by atoms with Crippen molar-refractivity contribution in [2.45, 2.75) is 205 Å². The Kier molecular flexibility index (Phi) is 30.1. The van der Waals surface area contributed by atoms with Crippen LogP contribution in [0.15, 0.2) is 139 Å². The highest BCUT2D eigenvalue weighted by Gasteiger charge is 2.34. The van der Waals surface area contributed by atoms with E-state index in [-0.39, 0.29) is 23.1 Å². The number of hydrogen-bond acceptors (Lipinski definition) is 4. The minimum Gasteiger partial charge on any atom is -0.489 e. The number of methoxy groups -OCH3 is 2. The lowest BCUT2D eigenvalue weighted by Crippen LogP contribution is -2.25. The summed E-state index contributed by atoms with van der Waals surface area (Å²) in [4.78, 5) is 25.8. The van der Waals surface area contributed by atoms with Crippen molar-refractivity contribution in [2.75, 3.05) is 14.2 Å². The molecule has 0 fully saturated rings.